The number of aliphatic imine (C=N–C) groups is 1. The number of nitrogens with zero attached hydrogens (tertiary/aromatic N) is 3. The fraction of sp³-hybridized carbons (Fsp3) is 0.450. The molecule has 0 bridgehead atoms. The molecule has 26 heavy (non-hydrogen) atoms. The van der Waals surface area contributed by atoms with Gasteiger partial charge >= 0.3 is 0 Å². The first kappa shape index (κ1) is 17.0. The first-order valence-corrected chi connectivity index (χ1v) is 9.27. The summed E-state index contributed by atoms with van der Waals surface area (Å²) in [5.74, 6) is 0.956. The number of nitrogens with one attached hydrogen (secondary N) is 1. The summed E-state index contributed by atoms with van der Waals surface area (Å²) in [6.07, 6.45) is 3.85. The van der Waals surface area contributed by atoms with Crippen molar-refractivity contribution in [3.8, 4) is 5.75 Å². The van der Waals surface area contributed by atoms with E-state index >= 15 is 0 Å². The standard InChI is InChI=1S/C20H24N4O2/c1-13-5-6-18(25)14(10-13)11-24-9-7-16-15(12-24)20(26)23-19(22-16)17-4-2-3-8-21-17/h5-6,10,25H,2-4,7-9,11-12H2,1H3,(H,22,23,26). The molecule has 0 unspecified atom stereocenters. The van der Waals surface area contributed by atoms with Crippen LogP contribution in [-0.4, -0.2) is 38.8 Å². The number of hydrogen-bond acceptors (Lipinski definition) is 5. The highest BCUT2D eigenvalue weighted by molar-refractivity contribution is 5.97. The molecule has 0 saturated heterocycles. The van der Waals surface area contributed by atoms with E-state index < -0.39 is 0 Å². The van der Waals surface area contributed by atoms with Crippen LogP contribution >= 0.6 is 0 Å². The Morgan fingerprint density at radius 1 is 1.27 bits per heavy atom. The van der Waals surface area contributed by atoms with Crippen molar-refractivity contribution in [2.45, 2.75) is 45.7 Å². The molecule has 6 nitrogen and oxygen atoms in total. The van der Waals surface area contributed by atoms with E-state index in [-0.39, 0.29) is 5.56 Å². The van der Waals surface area contributed by atoms with Crippen LogP contribution in [0.1, 0.15) is 47.5 Å². The summed E-state index contributed by atoms with van der Waals surface area (Å²) in [6.45, 7) is 4.84. The quantitative estimate of drug-likeness (QED) is 0.888. The largest absolute Gasteiger partial charge is 0.508 e. The number of benzene rings is 1. The van der Waals surface area contributed by atoms with E-state index in [1.807, 2.05) is 19.1 Å². The normalized spacial score (nSPS) is 17.7. The van der Waals surface area contributed by atoms with Crippen LogP contribution in [-0.2, 0) is 19.5 Å². The second-order valence-corrected chi connectivity index (χ2v) is 7.22. The molecule has 0 saturated carbocycles. The summed E-state index contributed by atoms with van der Waals surface area (Å²) in [5.41, 5.74) is 4.52. The van der Waals surface area contributed by atoms with Crippen molar-refractivity contribution in [3.05, 3.63) is 56.8 Å². The third-order valence-electron chi connectivity index (χ3n) is 5.17. The lowest BCUT2D eigenvalue weighted by Crippen LogP contribution is -2.36. The van der Waals surface area contributed by atoms with E-state index in [1.54, 1.807) is 6.07 Å². The summed E-state index contributed by atoms with van der Waals surface area (Å²) >= 11 is 0. The molecule has 0 radical (unpaired) electrons. The molecule has 0 spiro atoms. The number of rotatable bonds is 3. The van der Waals surface area contributed by atoms with Gasteiger partial charge in [0.15, 0.2) is 5.82 Å². The van der Waals surface area contributed by atoms with Gasteiger partial charge in [0.1, 0.15) is 5.75 Å². The van der Waals surface area contributed by atoms with E-state index in [4.69, 9.17) is 4.98 Å². The van der Waals surface area contributed by atoms with Gasteiger partial charge in [0.25, 0.3) is 5.56 Å². The fourth-order valence-corrected chi connectivity index (χ4v) is 3.73. The maximum Gasteiger partial charge on any atom is 0.255 e. The molecule has 6 heteroatoms. The maximum atomic E-state index is 12.6. The lowest BCUT2D eigenvalue weighted by Gasteiger charge is -2.28. The zero-order chi connectivity index (χ0) is 18.1. The minimum Gasteiger partial charge on any atom is -0.508 e. The Bertz CT molecular complexity index is 917. The van der Waals surface area contributed by atoms with Crippen LogP contribution in [0, 0.1) is 6.92 Å². The van der Waals surface area contributed by atoms with Crippen LogP contribution < -0.4 is 5.56 Å². The molecule has 2 N–H and O–H groups in total. The average Bonchev–Trinajstić information content (AvgIpc) is 2.66. The van der Waals surface area contributed by atoms with Crippen LogP contribution in [0.25, 0.3) is 0 Å². The third-order valence-corrected chi connectivity index (χ3v) is 5.17. The smallest absolute Gasteiger partial charge is 0.255 e. The first-order valence-electron chi connectivity index (χ1n) is 9.27. The van der Waals surface area contributed by atoms with Crippen molar-refractivity contribution in [1.82, 2.24) is 14.9 Å². The van der Waals surface area contributed by atoms with Crippen molar-refractivity contribution in [1.29, 1.82) is 0 Å². The van der Waals surface area contributed by atoms with Gasteiger partial charge in [-0.25, -0.2) is 4.98 Å². The van der Waals surface area contributed by atoms with Crippen LogP contribution in [0.5, 0.6) is 5.75 Å². The van der Waals surface area contributed by atoms with Crippen LogP contribution in [0.2, 0.25) is 0 Å². The summed E-state index contributed by atoms with van der Waals surface area (Å²) in [4.78, 5) is 27.0. The number of phenolic OH excluding ortho intramolecular Hbond substituents is 1. The maximum absolute atomic E-state index is 12.6. The Labute approximate surface area is 152 Å². The van der Waals surface area contributed by atoms with Crippen molar-refractivity contribution in [2.24, 2.45) is 4.99 Å². The van der Waals surface area contributed by atoms with Gasteiger partial charge in [-0.3, -0.25) is 14.7 Å². The van der Waals surface area contributed by atoms with E-state index in [9.17, 15) is 9.90 Å². The number of phenols is 1. The Kier molecular flexibility index (Phi) is 4.59. The molecular weight excluding hydrogens is 328 g/mol. The van der Waals surface area contributed by atoms with Crippen LogP contribution in [0.15, 0.2) is 28.0 Å². The van der Waals surface area contributed by atoms with Crippen LogP contribution in [0.3, 0.4) is 0 Å². The van der Waals surface area contributed by atoms with Crippen molar-refractivity contribution in [2.75, 3.05) is 13.1 Å². The minimum absolute atomic E-state index is 0.0589. The molecule has 4 rings (SSSR count). The van der Waals surface area contributed by atoms with Gasteiger partial charge in [-0.15, -0.1) is 0 Å². The highest BCUT2D eigenvalue weighted by Crippen LogP contribution is 2.23. The number of aromatic nitrogens is 2. The highest BCUT2D eigenvalue weighted by Gasteiger charge is 2.23. The summed E-state index contributed by atoms with van der Waals surface area (Å²) in [5, 5.41) is 10.1. The number of H-pyrrole nitrogens is 1. The molecule has 0 amide bonds. The molecule has 3 heterocycles. The fourth-order valence-electron chi connectivity index (χ4n) is 3.73. The second-order valence-electron chi connectivity index (χ2n) is 7.22. The molecule has 2 aliphatic rings. The molecule has 1 aromatic carbocycles. The monoisotopic (exact) mass is 352 g/mol. The highest BCUT2D eigenvalue weighted by atomic mass is 16.3. The minimum atomic E-state index is -0.0589. The Hall–Kier alpha value is -2.47. The van der Waals surface area contributed by atoms with Gasteiger partial charge in [0.2, 0.25) is 0 Å². The summed E-state index contributed by atoms with van der Waals surface area (Å²) in [6, 6.07) is 5.63. The van der Waals surface area contributed by atoms with Crippen molar-refractivity contribution >= 4 is 5.71 Å². The van der Waals surface area contributed by atoms with Gasteiger partial charge < -0.3 is 10.1 Å². The molecule has 1 aromatic heterocycles. The van der Waals surface area contributed by atoms with E-state index in [0.717, 1.165) is 66.9 Å². The van der Waals surface area contributed by atoms with Gasteiger partial charge in [0, 0.05) is 38.2 Å². The zero-order valence-corrected chi connectivity index (χ0v) is 15.1. The molecular formula is C20H24N4O2. The zero-order valence-electron chi connectivity index (χ0n) is 15.1. The van der Waals surface area contributed by atoms with E-state index in [2.05, 4.69) is 14.9 Å². The van der Waals surface area contributed by atoms with Crippen molar-refractivity contribution in [3.63, 3.8) is 0 Å². The van der Waals surface area contributed by atoms with E-state index in [1.165, 1.54) is 0 Å². The number of fused-ring (bicyclic) bond motifs is 1. The van der Waals surface area contributed by atoms with Crippen LogP contribution in [0.4, 0.5) is 0 Å². The van der Waals surface area contributed by atoms with Gasteiger partial charge in [-0.1, -0.05) is 17.7 Å². The second kappa shape index (κ2) is 7.03. The van der Waals surface area contributed by atoms with Gasteiger partial charge in [-0.05, 0) is 32.3 Å². The molecule has 136 valence electrons. The first-order chi connectivity index (χ1) is 12.6. The Morgan fingerprint density at radius 2 is 2.15 bits per heavy atom. The third kappa shape index (κ3) is 3.42. The molecule has 0 atom stereocenters. The Morgan fingerprint density at radius 3 is 2.96 bits per heavy atom. The molecule has 0 fully saturated rings. The number of aromatic hydroxyl groups is 1. The van der Waals surface area contributed by atoms with Crippen molar-refractivity contribution < 1.29 is 5.11 Å². The average molecular weight is 352 g/mol. The Balaban J connectivity index is 1.56. The summed E-state index contributed by atoms with van der Waals surface area (Å²) < 4.78 is 0. The number of aryl methyl sites for hydroxylation is 1. The topological polar surface area (TPSA) is 81.6 Å². The number of aromatic amines is 1. The predicted octanol–water partition coefficient (Wildman–Crippen LogP) is 2.32. The lowest BCUT2D eigenvalue weighted by atomic mass is 10.0. The SMILES string of the molecule is Cc1ccc(O)c(CN2CCc3nc(C4=NCCCC4)[nH]c(=O)c3C2)c1. The van der Waals surface area contributed by atoms with Gasteiger partial charge in [-0.2, -0.15) is 0 Å². The number of hydrogen-bond donors (Lipinski definition) is 2. The van der Waals surface area contributed by atoms with E-state index in [0.29, 0.717) is 24.7 Å². The van der Waals surface area contributed by atoms with Gasteiger partial charge in [0.05, 0.1) is 17.0 Å². The molecule has 2 aliphatic heterocycles. The molecule has 0 aliphatic carbocycles. The lowest BCUT2D eigenvalue weighted by molar-refractivity contribution is 0.238. The summed E-state index contributed by atoms with van der Waals surface area (Å²) in [7, 11) is 0. The predicted molar refractivity (Wildman–Crippen MR) is 101 cm³/mol. The molecule has 2 aromatic rings.